The Kier molecular flexibility index (Phi) is 3.89. The van der Waals surface area contributed by atoms with Gasteiger partial charge in [-0.25, -0.2) is 0 Å². The summed E-state index contributed by atoms with van der Waals surface area (Å²) in [6.07, 6.45) is 4.16. The van der Waals surface area contributed by atoms with Crippen LogP contribution in [0.25, 0.3) is 0 Å². The normalized spacial score (nSPS) is 32.1. The molecule has 3 rings (SSSR count). The van der Waals surface area contributed by atoms with Crippen molar-refractivity contribution >= 4 is 21.8 Å². The van der Waals surface area contributed by atoms with Crippen LogP contribution in [0.1, 0.15) is 37.8 Å². The maximum atomic E-state index is 12.5. The molecule has 1 fully saturated rings. The van der Waals surface area contributed by atoms with E-state index >= 15 is 0 Å². The van der Waals surface area contributed by atoms with Gasteiger partial charge in [0.05, 0.1) is 0 Å². The Bertz CT molecular complexity index is 528. The number of halogens is 1. The summed E-state index contributed by atoms with van der Waals surface area (Å²) in [5, 5.41) is 3.30. The van der Waals surface area contributed by atoms with Crippen molar-refractivity contribution in [2.24, 2.45) is 17.8 Å². The number of hydrogen-bond donors (Lipinski definition) is 1. The average Bonchev–Trinajstić information content (AvgIpc) is 2.92. The van der Waals surface area contributed by atoms with Crippen molar-refractivity contribution in [3.63, 3.8) is 0 Å². The molecule has 0 heterocycles. The van der Waals surface area contributed by atoms with E-state index in [9.17, 15) is 4.79 Å². The summed E-state index contributed by atoms with van der Waals surface area (Å²) in [4.78, 5) is 12.5. The van der Waals surface area contributed by atoms with Crippen LogP contribution in [0.5, 0.6) is 0 Å². The van der Waals surface area contributed by atoms with Gasteiger partial charge >= 0.3 is 0 Å². The van der Waals surface area contributed by atoms with Gasteiger partial charge in [-0.05, 0) is 60.8 Å². The number of carbonyl (C=O) groups is 1. The highest BCUT2D eigenvalue weighted by Gasteiger charge is 2.33. The molecule has 0 aromatic heterocycles. The molecule has 108 valence electrons. The molecule has 0 radical (unpaired) electrons. The van der Waals surface area contributed by atoms with Gasteiger partial charge in [0.2, 0.25) is 5.91 Å². The van der Waals surface area contributed by atoms with E-state index in [4.69, 9.17) is 0 Å². The summed E-state index contributed by atoms with van der Waals surface area (Å²) in [6, 6.07) is 6.75. The monoisotopic (exact) mass is 335 g/mol. The number of amides is 1. The third-order valence-electron chi connectivity index (χ3n) is 4.92. The lowest BCUT2D eigenvalue weighted by Gasteiger charge is -2.19. The number of nitrogens with one attached hydrogen (secondary N) is 1. The van der Waals surface area contributed by atoms with E-state index in [0.717, 1.165) is 29.7 Å². The fourth-order valence-corrected chi connectivity index (χ4v) is 4.24. The maximum absolute atomic E-state index is 12.5. The molecular weight excluding hydrogens is 314 g/mol. The Morgan fingerprint density at radius 2 is 1.95 bits per heavy atom. The van der Waals surface area contributed by atoms with Crippen molar-refractivity contribution in [2.45, 2.75) is 45.6 Å². The second-order valence-corrected chi connectivity index (χ2v) is 7.60. The Balaban J connectivity index is 1.63. The first kappa shape index (κ1) is 14.1. The number of fused-ring (bicyclic) bond motifs is 1. The van der Waals surface area contributed by atoms with Gasteiger partial charge in [-0.15, -0.1) is 0 Å². The molecular formula is C17H22BrNO. The van der Waals surface area contributed by atoms with E-state index in [0.29, 0.717) is 12.0 Å². The van der Waals surface area contributed by atoms with Gasteiger partial charge in [-0.3, -0.25) is 4.79 Å². The highest BCUT2D eigenvalue weighted by atomic mass is 79.9. The van der Waals surface area contributed by atoms with Crippen LogP contribution < -0.4 is 5.32 Å². The van der Waals surface area contributed by atoms with E-state index in [2.05, 4.69) is 53.3 Å². The van der Waals surface area contributed by atoms with Crippen molar-refractivity contribution < 1.29 is 4.79 Å². The minimum atomic E-state index is 0.127. The molecule has 1 N–H and O–H groups in total. The molecule has 0 saturated heterocycles. The summed E-state index contributed by atoms with van der Waals surface area (Å²) in [5.41, 5.74) is 2.66. The standard InChI is InChI=1S/C17H22BrNO/c1-10-5-11(2)16(6-10)19-17(20)14-7-12-3-4-15(18)9-13(12)8-14/h3-4,9-11,14,16H,5-8H2,1-2H3,(H,19,20)/t10-,11+,14+,16-/m1/s1. The predicted octanol–water partition coefficient (Wildman–Crippen LogP) is 3.71. The highest BCUT2D eigenvalue weighted by molar-refractivity contribution is 9.10. The molecule has 2 aliphatic rings. The third-order valence-corrected chi connectivity index (χ3v) is 5.41. The highest BCUT2D eigenvalue weighted by Crippen LogP contribution is 2.32. The number of carbonyl (C=O) groups excluding carboxylic acids is 1. The molecule has 1 amide bonds. The van der Waals surface area contributed by atoms with Crippen LogP contribution in [-0.4, -0.2) is 11.9 Å². The molecule has 0 bridgehead atoms. The van der Waals surface area contributed by atoms with E-state index < -0.39 is 0 Å². The van der Waals surface area contributed by atoms with Gasteiger partial charge in [-0.2, -0.15) is 0 Å². The second kappa shape index (κ2) is 5.51. The Morgan fingerprint density at radius 1 is 1.20 bits per heavy atom. The molecule has 2 nitrogen and oxygen atoms in total. The van der Waals surface area contributed by atoms with Crippen molar-refractivity contribution in [1.29, 1.82) is 0 Å². The summed E-state index contributed by atoms with van der Waals surface area (Å²) in [5.74, 6) is 1.74. The van der Waals surface area contributed by atoms with Gasteiger partial charge in [0, 0.05) is 16.4 Å². The molecule has 4 atom stereocenters. The molecule has 1 aromatic rings. The van der Waals surface area contributed by atoms with Gasteiger partial charge in [-0.1, -0.05) is 35.8 Å². The first-order chi connectivity index (χ1) is 9.52. The molecule has 2 aliphatic carbocycles. The largest absolute Gasteiger partial charge is 0.353 e. The lowest BCUT2D eigenvalue weighted by Crippen LogP contribution is -2.40. The molecule has 1 saturated carbocycles. The minimum Gasteiger partial charge on any atom is -0.353 e. The summed E-state index contributed by atoms with van der Waals surface area (Å²) in [6.45, 7) is 4.54. The van der Waals surface area contributed by atoms with Crippen molar-refractivity contribution in [1.82, 2.24) is 5.32 Å². The first-order valence-electron chi connectivity index (χ1n) is 7.60. The minimum absolute atomic E-state index is 0.127. The molecule has 3 heteroatoms. The van der Waals surface area contributed by atoms with Crippen molar-refractivity contribution in [3.05, 3.63) is 33.8 Å². The van der Waals surface area contributed by atoms with E-state index in [1.165, 1.54) is 17.5 Å². The lowest BCUT2D eigenvalue weighted by molar-refractivity contribution is -0.125. The van der Waals surface area contributed by atoms with Crippen LogP contribution in [0.2, 0.25) is 0 Å². The molecule has 0 aliphatic heterocycles. The summed E-state index contributed by atoms with van der Waals surface area (Å²) >= 11 is 3.51. The van der Waals surface area contributed by atoms with Crippen molar-refractivity contribution in [2.75, 3.05) is 0 Å². The topological polar surface area (TPSA) is 29.1 Å². The van der Waals surface area contributed by atoms with Crippen LogP contribution in [0.3, 0.4) is 0 Å². The smallest absolute Gasteiger partial charge is 0.224 e. The number of benzene rings is 1. The Labute approximate surface area is 129 Å². The maximum Gasteiger partial charge on any atom is 0.224 e. The molecule has 20 heavy (non-hydrogen) atoms. The fourth-order valence-electron chi connectivity index (χ4n) is 3.83. The zero-order valence-electron chi connectivity index (χ0n) is 12.2. The van der Waals surface area contributed by atoms with Crippen LogP contribution in [0, 0.1) is 17.8 Å². The van der Waals surface area contributed by atoms with Gasteiger partial charge in [0.1, 0.15) is 0 Å². The Hall–Kier alpha value is -0.830. The van der Waals surface area contributed by atoms with Crippen LogP contribution in [-0.2, 0) is 17.6 Å². The van der Waals surface area contributed by atoms with Crippen molar-refractivity contribution in [3.8, 4) is 0 Å². The molecule has 0 unspecified atom stereocenters. The molecule has 1 aromatic carbocycles. The second-order valence-electron chi connectivity index (χ2n) is 6.69. The van der Waals surface area contributed by atoms with Crippen LogP contribution in [0.4, 0.5) is 0 Å². The predicted molar refractivity (Wildman–Crippen MR) is 84.5 cm³/mol. The summed E-state index contributed by atoms with van der Waals surface area (Å²) in [7, 11) is 0. The SMILES string of the molecule is C[C@@H]1C[C@H](C)[C@H](NC(=O)[C@H]2Cc3ccc(Br)cc3C2)C1. The first-order valence-corrected chi connectivity index (χ1v) is 8.40. The third kappa shape index (κ3) is 2.78. The number of rotatable bonds is 2. The fraction of sp³-hybridized carbons (Fsp3) is 0.588. The van der Waals surface area contributed by atoms with E-state index in [-0.39, 0.29) is 11.8 Å². The van der Waals surface area contributed by atoms with Gasteiger partial charge in [0.15, 0.2) is 0 Å². The van der Waals surface area contributed by atoms with Gasteiger partial charge < -0.3 is 5.32 Å². The van der Waals surface area contributed by atoms with E-state index in [1.807, 2.05) is 0 Å². The zero-order valence-corrected chi connectivity index (χ0v) is 13.7. The number of hydrogen-bond acceptors (Lipinski definition) is 1. The molecule has 0 spiro atoms. The van der Waals surface area contributed by atoms with Crippen LogP contribution in [0.15, 0.2) is 22.7 Å². The average molecular weight is 336 g/mol. The summed E-state index contributed by atoms with van der Waals surface area (Å²) < 4.78 is 1.11. The Morgan fingerprint density at radius 3 is 2.65 bits per heavy atom. The quantitative estimate of drug-likeness (QED) is 0.876. The zero-order chi connectivity index (χ0) is 14.3. The van der Waals surface area contributed by atoms with Gasteiger partial charge in [0.25, 0.3) is 0 Å². The van der Waals surface area contributed by atoms with Crippen LogP contribution >= 0.6 is 15.9 Å². The van der Waals surface area contributed by atoms with E-state index in [1.54, 1.807) is 0 Å². The lowest BCUT2D eigenvalue weighted by atomic mass is 10.0.